The number of thiophene rings is 1. The monoisotopic (exact) mass is 330 g/mol. The Balaban J connectivity index is 2.15. The van der Waals surface area contributed by atoms with Crippen molar-refractivity contribution < 1.29 is 14.7 Å². The zero-order valence-corrected chi connectivity index (χ0v) is 13.4. The Labute approximate surface area is 137 Å². The number of primary amides is 1. The number of aliphatic hydroxyl groups excluding tert-OH is 1. The number of ketones is 1. The molecule has 2 aromatic rings. The molecule has 5 N–H and O–H groups in total. The number of Topliss-reactive ketones (excluding diaryl/α,β-unsaturated/α-hetero) is 1. The Hall–Kier alpha value is -2.18. The summed E-state index contributed by atoms with van der Waals surface area (Å²) in [7, 11) is 0. The van der Waals surface area contributed by atoms with Gasteiger partial charge in [-0.15, -0.1) is 11.3 Å². The first-order valence-corrected chi connectivity index (χ1v) is 8.25. The van der Waals surface area contributed by atoms with Crippen molar-refractivity contribution in [2.24, 2.45) is 5.73 Å². The van der Waals surface area contributed by atoms with Gasteiger partial charge >= 0.3 is 0 Å². The van der Waals surface area contributed by atoms with E-state index in [4.69, 9.17) is 11.5 Å². The third kappa shape index (κ3) is 2.34. The Morgan fingerprint density at radius 3 is 2.61 bits per heavy atom. The second-order valence-electron chi connectivity index (χ2n) is 5.76. The fraction of sp³-hybridized carbons (Fsp3) is 0.294. The lowest BCUT2D eigenvalue weighted by molar-refractivity contribution is 0.0828. The van der Waals surface area contributed by atoms with Crippen LogP contribution in [-0.4, -0.2) is 23.4 Å². The molecule has 1 atom stereocenters. The van der Waals surface area contributed by atoms with Crippen LogP contribution in [0.2, 0.25) is 0 Å². The van der Waals surface area contributed by atoms with Crippen LogP contribution in [0.15, 0.2) is 30.3 Å². The van der Waals surface area contributed by atoms with Crippen LogP contribution in [0.25, 0.3) is 0 Å². The summed E-state index contributed by atoms with van der Waals surface area (Å²) in [5.74, 6) is -0.676. The summed E-state index contributed by atoms with van der Waals surface area (Å²) in [5, 5.41) is 9.81. The van der Waals surface area contributed by atoms with Gasteiger partial charge in [0.05, 0.1) is 20.9 Å². The van der Waals surface area contributed by atoms with Gasteiger partial charge in [0.15, 0.2) is 5.78 Å². The molecule has 0 spiro atoms. The van der Waals surface area contributed by atoms with Gasteiger partial charge in [0.25, 0.3) is 5.91 Å². The number of benzene rings is 1. The fourth-order valence-corrected chi connectivity index (χ4v) is 4.61. The van der Waals surface area contributed by atoms with Crippen LogP contribution in [0.3, 0.4) is 0 Å². The Bertz CT molecular complexity index is 770. The van der Waals surface area contributed by atoms with E-state index in [0.717, 1.165) is 16.9 Å². The molecule has 23 heavy (non-hydrogen) atoms. The molecule has 0 saturated carbocycles. The van der Waals surface area contributed by atoms with Crippen molar-refractivity contribution in [3.63, 3.8) is 0 Å². The highest BCUT2D eigenvalue weighted by Crippen LogP contribution is 2.46. The van der Waals surface area contributed by atoms with E-state index >= 15 is 0 Å². The molecule has 1 aromatic heterocycles. The lowest BCUT2D eigenvalue weighted by Gasteiger charge is -2.35. The Kier molecular flexibility index (Phi) is 3.95. The summed E-state index contributed by atoms with van der Waals surface area (Å²) >= 11 is 1.12. The number of nitrogens with two attached hydrogens (primary N) is 2. The van der Waals surface area contributed by atoms with Crippen LogP contribution < -0.4 is 11.5 Å². The molecule has 1 heterocycles. The average Bonchev–Trinajstić information content (AvgIpc) is 2.88. The lowest BCUT2D eigenvalue weighted by Crippen LogP contribution is -2.40. The van der Waals surface area contributed by atoms with E-state index < -0.39 is 11.3 Å². The van der Waals surface area contributed by atoms with Crippen LogP contribution in [0.1, 0.15) is 44.0 Å². The molecule has 0 saturated heterocycles. The van der Waals surface area contributed by atoms with Crippen molar-refractivity contribution in [3.05, 3.63) is 51.9 Å². The van der Waals surface area contributed by atoms with E-state index in [9.17, 15) is 14.7 Å². The number of carbonyl (C=O) groups excluding carboxylic acids is 2. The van der Waals surface area contributed by atoms with Crippen molar-refractivity contribution in [1.29, 1.82) is 0 Å². The summed E-state index contributed by atoms with van der Waals surface area (Å²) in [6, 6.07) is 9.47. The molecule has 6 heteroatoms. The van der Waals surface area contributed by atoms with Crippen molar-refractivity contribution >= 4 is 28.0 Å². The molecule has 5 nitrogen and oxygen atoms in total. The van der Waals surface area contributed by atoms with Gasteiger partial charge in [0, 0.05) is 6.61 Å². The Morgan fingerprint density at radius 1 is 1.30 bits per heavy atom. The second-order valence-corrected chi connectivity index (χ2v) is 6.82. The molecule has 1 amide bonds. The maximum atomic E-state index is 13.2. The van der Waals surface area contributed by atoms with Crippen LogP contribution in [0, 0.1) is 0 Å². The molecule has 3 rings (SSSR count). The van der Waals surface area contributed by atoms with Crippen LogP contribution in [0.5, 0.6) is 0 Å². The molecule has 0 aliphatic heterocycles. The SMILES string of the molecule is NC(=O)c1c(N)sc2c1CC[C@](CCO)(c1ccccc1)C2=O. The molecule has 1 aliphatic rings. The van der Waals surface area contributed by atoms with Crippen molar-refractivity contribution in [1.82, 2.24) is 0 Å². The molecular weight excluding hydrogens is 312 g/mol. The van der Waals surface area contributed by atoms with E-state index in [1.807, 2.05) is 30.3 Å². The normalized spacial score (nSPS) is 20.3. The third-order valence-corrected chi connectivity index (χ3v) is 5.65. The zero-order valence-electron chi connectivity index (χ0n) is 12.5. The number of nitrogen functional groups attached to an aromatic ring is 1. The van der Waals surface area contributed by atoms with E-state index in [-0.39, 0.29) is 18.0 Å². The van der Waals surface area contributed by atoms with Gasteiger partial charge in [-0.2, -0.15) is 0 Å². The maximum absolute atomic E-state index is 13.2. The number of hydrogen-bond donors (Lipinski definition) is 3. The summed E-state index contributed by atoms with van der Waals surface area (Å²) < 4.78 is 0. The van der Waals surface area contributed by atoms with Gasteiger partial charge in [0.2, 0.25) is 0 Å². The number of hydrogen-bond acceptors (Lipinski definition) is 5. The van der Waals surface area contributed by atoms with Crippen molar-refractivity contribution in [2.75, 3.05) is 12.3 Å². The number of anilines is 1. The van der Waals surface area contributed by atoms with Crippen LogP contribution in [-0.2, 0) is 11.8 Å². The second kappa shape index (κ2) is 5.79. The minimum atomic E-state index is -0.769. The number of aliphatic hydroxyl groups is 1. The van der Waals surface area contributed by atoms with Crippen molar-refractivity contribution in [2.45, 2.75) is 24.7 Å². The van der Waals surface area contributed by atoms with E-state index in [1.54, 1.807) is 0 Å². The van der Waals surface area contributed by atoms with Gasteiger partial charge in [-0.05, 0) is 30.4 Å². The first kappa shape index (κ1) is 15.7. The molecular formula is C17H18N2O3S. The number of rotatable bonds is 4. The minimum absolute atomic E-state index is 0.0804. The Morgan fingerprint density at radius 2 is 2.00 bits per heavy atom. The van der Waals surface area contributed by atoms with Gasteiger partial charge < -0.3 is 16.6 Å². The molecule has 120 valence electrons. The maximum Gasteiger partial charge on any atom is 0.251 e. The summed E-state index contributed by atoms with van der Waals surface area (Å²) in [5.41, 5.74) is 12.4. The topological polar surface area (TPSA) is 106 Å². The summed E-state index contributed by atoms with van der Waals surface area (Å²) in [4.78, 5) is 25.3. The van der Waals surface area contributed by atoms with Crippen LogP contribution >= 0.6 is 11.3 Å². The highest BCUT2D eigenvalue weighted by atomic mass is 32.1. The molecule has 0 unspecified atom stereocenters. The van der Waals surface area contributed by atoms with Crippen LogP contribution in [0.4, 0.5) is 5.00 Å². The number of fused-ring (bicyclic) bond motifs is 1. The minimum Gasteiger partial charge on any atom is -0.396 e. The van der Waals surface area contributed by atoms with Gasteiger partial charge in [0.1, 0.15) is 0 Å². The third-order valence-electron chi connectivity index (χ3n) is 4.59. The van der Waals surface area contributed by atoms with Gasteiger partial charge in [-0.3, -0.25) is 9.59 Å². The molecule has 0 fully saturated rings. The quantitative estimate of drug-likeness (QED) is 0.795. The lowest BCUT2D eigenvalue weighted by atomic mass is 9.66. The highest BCUT2D eigenvalue weighted by Gasteiger charge is 2.45. The predicted molar refractivity (Wildman–Crippen MR) is 89.7 cm³/mol. The summed E-state index contributed by atoms with van der Waals surface area (Å²) in [6.07, 6.45) is 1.42. The number of amides is 1. The first-order chi connectivity index (χ1) is 11.0. The zero-order chi connectivity index (χ0) is 16.6. The van der Waals surface area contributed by atoms with Gasteiger partial charge in [-0.1, -0.05) is 30.3 Å². The number of carbonyl (C=O) groups is 2. The van der Waals surface area contributed by atoms with E-state index in [2.05, 4.69) is 0 Å². The van der Waals surface area contributed by atoms with E-state index in [0.29, 0.717) is 34.7 Å². The predicted octanol–water partition coefficient (Wildman–Crippen LogP) is 1.88. The first-order valence-electron chi connectivity index (χ1n) is 7.43. The van der Waals surface area contributed by atoms with Crippen molar-refractivity contribution in [3.8, 4) is 0 Å². The molecule has 0 radical (unpaired) electrons. The van der Waals surface area contributed by atoms with Gasteiger partial charge in [-0.25, -0.2) is 0 Å². The smallest absolute Gasteiger partial charge is 0.251 e. The molecule has 1 aromatic carbocycles. The molecule has 0 bridgehead atoms. The standard InChI is InChI=1S/C17H18N2O3S/c18-15(22)12-11-6-7-17(8-9-20,10-4-2-1-3-5-10)14(21)13(11)23-16(12)19/h1-5,20H,6-9,19H2,(H2,18,22)/t17-/m0/s1. The largest absolute Gasteiger partial charge is 0.396 e. The fourth-order valence-electron chi connectivity index (χ4n) is 3.45. The molecule has 1 aliphatic carbocycles. The van der Waals surface area contributed by atoms with E-state index in [1.165, 1.54) is 0 Å². The summed E-state index contributed by atoms with van der Waals surface area (Å²) in [6.45, 7) is -0.0838. The highest BCUT2D eigenvalue weighted by molar-refractivity contribution is 7.18. The average molecular weight is 330 g/mol.